The number of rotatable bonds is 8. The highest BCUT2D eigenvalue weighted by atomic mass is 16.6. The number of likely N-dealkylation sites (tertiary alicyclic amines) is 1. The molecule has 1 saturated heterocycles. The van der Waals surface area contributed by atoms with Crippen LogP contribution in [0.1, 0.15) is 36.7 Å². The topological polar surface area (TPSA) is 99.7 Å². The van der Waals surface area contributed by atoms with E-state index in [1.165, 1.54) is 6.20 Å². The van der Waals surface area contributed by atoms with E-state index >= 15 is 0 Å². The Morgan fingerprint density at radius 3 is 2.59 bits per heavy atom. The van der Waals surface area contributed by atoms with E-state index in [1.807, 2.05) is 14.1 Å². The minimum absolute atomic E-state index is 0.0220. The fraction of sp³-hybridized carbons (Fsp3) is 0.667. The van der Waals surface area contributed by atoms with Gasteiger partial charge in [0.1, 0.15) is 11.5 Å². The van der Waals surface area contributed by atoms with Crippen LogP contribution in [-0.4, -0.2) is 84.7 Å². The van der Waals surface area contributed by atoms with Gasteiger partial charge in [-0.05, 0) is 46.8 Å². The van der Waals surface area contributed by atoms with Crippen molar-refractivity contribution in [1.29, 1.82) is 0 Å². The van der Waals surface area contributed by atoms with Gasteiger partial charge in [-0.25, -0.2) is 14.8 Å². The SMILES string of the molecule is CCOC(=O)N1CCC(NC(=O)c2cnc(NCCCN(C)C)cn2)CC1. The quantitative estimate of drug-likeness (QED) is 0.656. The summed E-state index contributed by atoms with van der Waals surface area (Å²) < 4.78 is 5.00. The van der Waals surface area contributed by atoms with Crippen LogP contribution < -0.4 is 10.6 Å². The van der Waals surface area contributed by atoms with Crippen molar-refractivity contribution >= 4 is 17.8 Å². The van der Waals surface area contributed by atoms with Crippen molar-refractivity contribution in [1.82, 2.24) is 25.1 Å². The van der Waals surface area contributed by atoms with Crippen LogP contribution in [-0.2, 0) is 4.74 Å². The van der Waals surface area contributed by atoms with Crippen molar-refractivity contribution in [2.24, 2.45) is 0 Å². The van der Waals surface area contributed by atoms with Gasteiger partial charge in [0.05, 0.1) is 19.0 Å². The van der Waals surface area contributed by atoms with Crippen LogP contribution in [0.2, 0.25) is 0 Å². The lowest BCUT2D eigenvalue weighted by Gasteiger charge is -2.31. The van der Waals surface area contributed by atoms with E-state index in [0.29, 0.717) is 44.0 Å². The Morgan fingerprint density at radius 1 is 1.26 bits per heavy atom. The molecule has 0 atom stereocenters. The van der Waals surface area contributed by atoms with E-state index in [0.717, 1.165) is 19.5 Å². The fourth-order valence-electron chi connectivity index (χ4n) is 2.83. The van der Waals surface area contributed by atoms with Crippen molar-refractivity contribution < 1.29 is 14.3 Å². The predicted molar refractivity (Wildman–Crippen MR) is 103 cm³/mol. The number of carbonyl (C=O) groups excluding carboxylic acids is 2. The van der Waals surface area contributed by atoms with Crippen molar-refractivity contribution in [3.63, 3.8) is 0 Å². The van der Waals surface area contributed by atoms with Crippen molar-refractivity contribution in [2.45, 2.75) is 32.2 Å². The van der Waals surface area contributed by atoms with Crippen LogP contribution >= 0.6 is 0 Å². The zero-order chi connectivity index (χ0) is 19.6. The number of nitrogens with one attached hydrogen (secondary N) is 2. The van der Waals surface area contributed by atoms with Crippen LogP contribution in [0.3, 0.4) is 0 Å². The first kappa shape index (κ1) is 20.9. The number of piperidine rings is 1. The van der Waals surface area contributed by atoms with E-state index in [4.69, 9.17) is 4.74 Å². The molecule has 0 unspecified atom stereocenters. The second-order valence-corrected chi connectivity index (χ2v) is 6.80. The lowest BCUT2D eigenvalue weighted by atomic mass is 10.1. The molecule has 9 nitrogen and oxygen atoms in total. The molecule has 2 rings (SSSR count). The van der Waals surface area contributed by atoms with Gasteiger partial charge in [0.25, 0.3) is 5.91 Å². The van der Waals surface area contributed by atoms with E-state index in [2.05, 4.69) is 25.5 Å². The maximum atomic E-state index is 12.3. The minimum Gasteiger partial charge on any atom is -0.450 e. The molecule has 9 heteroatoms. The minimum atomic E-state index is -0.290. The van der Waals surface area contributed by atoms with Crippen LogP contribution in [0, 0.1) is 0 Å². The number of anilines is 1. The van der Waals surface area contributed by atoms with Gasteiger partial charge < -0.3 is 25.2 Å². The maximum absolute atomic E-state index is 12.3. The lowest BCUT2D eigenvalue weighted by Crippen LogP contribution is -2.46. The Morgan fingerprint density at radius 2 is 2.00 bits per heavy atom. The first-order valence-corrected chi connectivity index (χ1v) is 9.42. The molecule has 0 radical (unpaired) electrons. The zero-order valence-electron chi connectivity index (χ0n) is 16.4. The first-order chi connectivity index (χ1) is 13.0. The van der Waals surface area contributed by atoms with Gasteiger partial charge in [0.2, 0.25) is 0 Å². The largest absolute Gasteiger partial charge is 0.450 e. The number of aromatic nitrogens is 2. The van der Waals surface area contributed by atoms with Gasteiger partial charge in [0, 0.05) is 25.7 Å². The molecule has 2 heterocycles. The number of hydrogen-bond acceptors (Lipinski definition) is 7. The van der Waals surface area contributed by atoms with Gasteiger partial charge >= 0.3 is 6.09 Å². The molecule has 2 amide bonds. The second kappa shape index (κ2) is 10.7. The number of amides is 2. The number of hydrogen-bond donors (Lipinski definition) is 2. The molecule has 0 aliphatic carbocycles. The molecular formula is C18H30N6O3. The summed E-state index contributed by atoms with van der Waals surface area (Å²) in [6.07, 6.45) is 5.17. The molecule has 0 bridgehead atoms. The van der Waals surface area contributed by atoms with E-state index in [1.54, 1.807) is 18.0 Å². The third kappa shape index (κ3) is 7.01. The standard InChI is InChI=1S/C18H30N6O3/c1-4-27-18(26)24-10-6-14(7-11-24)22-17(25)15-12-21-16(13-20-15)19-8-5-9-23(2)3/h12-14H,4-11H2,1-3H3,(H,19,21)(H,22,25). The fourth-order valence-corrected chi connectivity index (χ4v) is 2.83. The van der Waals surface area contributed by atoms with Crippen LogP contribution in [0.15, 0.2) is 12.4 Å². The normalized spacial score (nSPS) is 14.9. The summed E-state index contributed by atoms with van der Waals surface area (Å²) in [5.41, 5.74) is 0.293. The monoisotopic (exact) mass is 378 g/mol. The number of carbonyl (C=O) groups is 2. The maximum Gasteiger partial charge on any atom is 0.409 e. The molecule has 0 spiro atoms. The Balaban J connectivity index is 1.74. The smallest absolute Gasteiger partial charge is 0.409 e. The third-order valence-corrected chi connectivity index (χ3v) is 4.33. The first-order valence-electron chi connectivity index (χ1n) is 9.42. The highest BCUT2D eigenvalue weighted by Crippen LogP contribution is 2.12. The molecule has 0 aromatic carbocycles. The summed E-state index contributed by atoms with van der Waals surface area (Å²) in [4.78, 5) is 36.3. The Hall–Kier alpha value is -2.42. The summed E-state index contributed by atoms with van der Waals surface area (Å²) in [7, 11) is 4.07. The molecular weight excluding hydrogens is 348 g/mol. The summed E-state index contributed by atoms with van der Waals surface area (Å²) in [6, 6.07) is 0.0220. The molecule has 1 aromatic rings. The van der Waals surface area contributed by atoms with E-state index in [-0.39, 0.29) is 18.0 Å². The van der Waals surface area contributed by atoms with Gasteiger partial charge in [-0.1, -0.05) is 0 Å². The summed E-state index contributed by atoms with van der Waals surface area (Å²) in [5.74, 6) is 0.421. The van der Waals surface area contributed by atoms with Gasteiger partial charge in [-0.3, -0.25) is 4.79 Å². The third-order valence-electron chi connectivity index (χ3n) is 4.33. The molecule has 2 N–H and O–H groups in total. The number of nitrogens with zero attached hydrogens (tertiary/aromatic N) is 4. The molecule has 150 valence electrons. The molecule has 1 aliphatic heterocycles. The van der Waals surface area contributed by atoms with Crippen LogP contribution in [0.5, 0.6) is 0 Å². The molecule has 1 aliphatic rings. The predicted octanol–water partition coefficient (Wildman–Crippen LogP) is 1.19. The highest BCUT2D eigenvalue weighted by molar-refractivity contribution is 5.92. The zero-order valence-corrected chi connectivity index (χ0v) is 16.4. The Bertz CT molecular complexity index is 600. The molecule has 1 aromatic heterocycles. The summed E-state index contributed by atoms with van der Waals surface area (Å²) in [5, 5.41) is 6.16. The average molecular weight is 378 g/mol. The number of ether oxygens (including phenoxy) is 1. The van der Waals surface area contributed by atoms with Gasteiger partial charge in [0.15, 0.2) is 0 Å². The molecule has 27 heavy (non-hydrogen) atoms. The summed E-state index contributed by atoms with van der Waals surface area (Å²) in [6.45, 7) is 5.11. The van der Waals surface area contributed by atoms with Gasteiger partial charge in [-0.15, -0.1) is 0 Å². The van der Waals surface area contributed by atoms with E-state index < -0.39 is 0 Å². The summed E-state index contributed by atoms with van der Waals surface area (Å²) >= 11 is 0. The van der Waals surface area contributed by atoms with Gasteiger partial charge in [-0.2, -0.15) is 0 Å². The molecule has 0 saturated carbocycles. The average Bonchev–Trinajstić information content (AvgIpc) is 2.66. The van der Waals surface area contributed by atoms with Crippen molar-refractivity contribution in [3.8, 4) is 0 Å². The second-order valence-electron chi connectivity index (χ2n) is 6.80. The van der Waals surface area contributed by atoms with E-state index in [9.17, 15) is 9.59 Å². The van der Waals surface area contributed by atoms with Crippen LogP contribution in [0.25, 0.3) is 0 Å². The van der Waals surface area contributed by atoms with Crippen LogP contribution in [0.4, 0.5) is 10.6 Å². The van der Waals surface area contributed by atoms with Crippen molar-refractivity contribution in [3.05, 3.63) is 18.1 Å². The Kier molecular flexibility index (Phi) is 8.25. The molecule has 1 fully saturated rings. The lowest BCUT2D eigenvalue weighted by molar-refractivity contribution is 0.0856. The Labute approximate surface area is 160 Å². The highest BCUT2D eigenvalue weighted by Gasteiger charge is 2.25. The van der Waals surface area contributed by atoms with Crippen molar-refractivity contribution in [2.75, 3.05) is 52.2 Å².